The van der Waals surface area contributed by atoms with Crippen molar-refractivity contribution >= 4 is 21.4 Å². The zero-order valence-electron chi connectivity index (χ0n) is 15.9. The highest BCUT2D eigenvalue weighted by molar-refractivity contribution is 7.17. The molecule has 4 aromatic rings. The molecule has 0 radical (unpaired) electrons. The van der Waals surface area contributed by atoms with Crippen molar-refractivity contribution < 1.29 is 4.74 Å². The smallest absolute Gasteiger partial charge is 0.140 e. The molecule has 0 saturated heterocycles. The first kappa shape index (κ1) is 17.3. The van der Waals surface area contributed by atoms with E-state index < -0.39 is 0 Å². The van der Waals surface area contributed by atoms with Gasteiger partial charge in [0.2, 0.25) is 0 Å². The first-order valence-electron chi connectivity index (χ1n) is 9.36. The van der Waals surface area contributed by atoms with Crippen molar-refractivity contribution in [2.24, 2.45) is 0 Å². The Hall–Kier alpha value is -2.76. The van der Waals surface area contributed by atoms with E-state index in [2.05, 4.69) is 63.7 Å². The van der Waals surface area contributed by atoms with Crippen molar-refractivity contribution in [2.75, 3.05) is 20.7 Å². The summed E-state index contributed by atoms with van der Waals surface area (Å²) in [5, 5.41) is 3.38. The Kier molecular flexibility index (Phi) is 4.34. The maximum Gasteiger partial charge on any atom is 0.140 e. The predicted octanol–water partition coefficient (Wildman–Crippen LogP) is 4.94. The molecule has 28 heavy (non-hydrogen) atoms. The molecule has 2 aromatic carbocycles. The van der Waals surface area contributed by atoms with Crippen molar-refractivity contribution in [3.8, 4) is 17.0 Å². The molecule has 140 valence electrons. The lowest BCUT2D eigenvalue weighted by atomic mass is 9.83. The van der Waals surface area contributed by atoms with E-state index in [9.17, 15) is 0 Å². The normalized spacial score (nSPS) is 16.9. The molecule has 1 atom stereocenters. The molecule has 5 heteroatoms. The van der Waals surface area contributed by atoms with Gasteiger partial charge >= 0.3 is 0 Å². The number of ether oxygens (including phenoxy) is 1. The highest BCUT2D eigenvalue weighted by Gasteiger charge is 2.28. The van der Waals surface area contributed by atoms with Gasteiger partial charge < -0.3 is 9.64 Å². The Labute approximate surface area is 168 Å². The van der Waals surface area contributed by atoms with Crippen LogP contribution in [-0.2, 0) is 6.54 Å². The zero-order chi connectivity index (χ0) is 19.1. The van der Waals surface area contributed by atoms with Crippen molar-refractivity contribution in [2.45, 2.75) is 12.5 Å². The van der Waals surface area contributed by atoms with E-state index in [4.69, 9.17) is 4.74 Å². The molecule has 0 amide bonds. The van der Waals surface area contributed by atoms with Gasteiger partial charge in [-0.15, -0.1) is 11.3 Å². The van der Waals surface area contributed by atoms with Crippen molar-refractivity contribution in [3.63, 3.8) is 0 Å². The first-order chi connectivity index (χ1) is 13.7. The molecule has 0 aliphatic carbocycles. The molecule has 1 aliphatic heterocycles. The average Bonchev–Trinajstić information content (AvgIpc) is 3.21. The van der Waals surface area contributed by atoms with Crippen LogP contribution in [0.2, 0.25) is 0 Å². The number of likely N-dealkylation sites (N-methyl/N-ethyl adjacent to an activating group) is 1. The van der Waals surface area contributed by atoms with Gasteiger partial charge in [0, 0.05) is 36.3 Å². The van der Waals surface area contributed by atoms with Gasteiger partial charge in [0.25, 0.3) is 0 Å². The maximum absolute atomic E-state index is 5.89. The van der Waals surface area contributed by atoms with Crippen LogP contribution in [0.5, 0.6) is 5.75 Å². The largest absolute Gasteiger partial charge is 0.495 e. The second kappa shape index (κ2) is 7.00. The van der Waals surface area contributed by atoms with E-state index in [0.29, 0.717) is 0 Å². The van der Waals surface area contributed by atoms with Gasteiger partial charge in [-0.2, -0.15) is 0 Å². The highest BCUT2D eigenvalue weighted by Crippen LogP contribution is 2.43. The molecule has 1 aliphatic rings. The number of hydrogen-bond donors (Lipinski definition) is 0. The van der Waals surface area contributed by atoms with Crippen LogP contribution in [0.15, 0.2) is 60.4 Å². The maximum atomic E-state index is 5.89. The zero-order valence-corrected chi connectivity index (χ0v) is 16.7. The number of fused-ring (bicyclic) bond motifs is 2. The van der Waals surface area contributed by atoms with Crippen LogP contribution in [0, 0.1) is 0 Å². The van der Waals surface area contributed by atoms with Crippen molar-refractivity contribution in [1.82, 2.24) is 14.9 Å². The molecule has 5 rings (SSSR count). The number of methoxy groups -OCH3 is 1. The number of benzene rings is 2. The minimum absolute atomic E-state index is 0.287. The monoisotopic (exact) mass is 387 g/mol. The summed E-state index contributed by atoms with van der Waals surface area (Å²) in [6.07, 6.45) is 3.39. The second-order valence-electron chi connectivity index (χ2n) is 7.28. The van der Waals surface area contributed by atoms with Crippen LogP contribution >= 0.6 is 11.3 Å². The Bertz CT molecular complexity index is 1140. The van der Waals surface area contributed by atoms with E-state index in [1.165, 1.54) is 26.8 Å². The lowest BCUT2D eigenvalue weighted by molar-refractivity contribution is 0.292. The summed E-state index contributed by atoms with van der Waals surface area (Å²) in [5.41, 5.74) is 6.09. The fraction of sp³-hybridized carbons (Fsp3) is 0.217. The van der Waals surface area contributed by atoms with E-state index in [-0.39, 0.29) is 5.92 Å². The quantitative estimate of drug-likeness (QED) is 0.499. The molecule has 0 saturated carbocycles. The number of thiophene rings is 1. The Morgan fingerprint density at radius 3 is 2.82 bits per heavy atom. The fourth-order valence-electron chi connectivity index (χ4n) is 4.24. The minimum atomic E-state index is 0.287. The molecule has 0 spiro atoms. The molecule has 0 bridgehead atoms. The van der Waals surface area contributed by atoms with E-state index in [1.54, 1.807) is 31.0 Å². The summed E-state index contributed by atoms with van der Waals surface area (Å²) >= 11 is 1.75. The fourth-order valence-corrected chi connectivity index (χ4v) is 5.17. The summed E-state index contributed by atoms with van der Waals surface area (Å²) in [6, 6.07) is 15.3. The summed E-state index contributed by atoms with van der Waals surface area (Å²) in [7, 11) is 3.97. The van der Waals surface area contributed by atoms with E-state index >= 15 is 0 Å². The molecule has 0 N–H and O–H groups in total. The first-order valence-corrected chi connectivity index (χ1v) is 10.2. The summed E-state index contributed by atoms with van der Waals surface area (Å²) in [6.45, 7) is 1.92. The summed E-state index contributed by atoms with van der Waals surface area (Å²) in [4.78, 5) is 10.8. The van der Waals surface area contributed by atoms with Gasteiger partial charge in [0.05, 0.1) is 17.5 Å². The van der Waals surface area contributed by atoms with Crippen molar-refractivity contribution in [3.05, 3.63) is 77.1 Å². The SMILES string of the molecule is COc1c(C2CN(C)Cc3cc(-c4ccncn4)ccc32)ccc2ccsc12. The molecule has 4 nitrogen and oxygen atoms in total. The molecular weight excluding hydrogens is 366 g/mol. The number of hydrogen-bond acceptors (Lipinski definition) is 5. The molecule has 1 unspecified atom stereocenters. The van der Waals surface area contributed by atoms with Gasteiger partial charge in [-0.25, -0.2) is 9.97 Å². The lowest BCUT2D eigenvalue weighted by Gasteiger charge is -2.33. The molecular formula is C23H21N3OS. The molecule has 3 heterocycles. The second-order valence-corrected chi connectivity index (χ2v) is 8.20. The predicted molar refractivity (Wildman–Crippen MR) is 114 cm³/mol. The average molecular weight is 388 g/mol. The third-order valence-corrected chi connectivity index (χ3v) is 6.45. The van der Waals surface area contributed by atoms with Crippen LogP contribution < -0.4 is 4.74 Å². The minimum Gasteiger partial charge on any atom is -0.495 e. The topological polar surface area (TPSA) is 38.2 Å². The van der Waals surface area contributed by atoms with Crippen LogP contribution in [0.3, 0.4) is 0 Å². The molecule has 0 fully saturated rings. The van der Waals surface area contributed by atoms with Crippen LogP contribution in [0.1, 0.15) is 22.6 Å². The van der Waals surface area contributed by atoms with Gasteiger partial charge in [-0.1, -0.05) is 24.3 Å². The molecule has 2 aromatic heterocycles. The van der Waals surface area contributed by atoms with Gasteiger partial charge in [-0.05, 0) is 47.1 Å². The van der Waals surface area contributed by atoms with Crippen molar-refractivity contribution in [1.29, 1.82) is 0 Å². The van der Waals surface area contributed by atoms with E-state index in [0.717, 1.165) is 30.1 Å². The van der Waals surface area contributed by atoms with Crippen LogP contribution in [0.4, 0.5) is 0 Å². The van der Waals surface area contributed by atoms with Gasteiger partial charge in [0.1, 0.15) is 12.1 Å². The van der Waals surface area contributed by atoms with Crippen LogP contribution in [0.25, 0.3) is 21.3 Å². The summed E-state index contributed by atoms with van der Waals surface area (Å²) < 4.78 is 7.12. The number of rotatable bonds is 3. The third-order valence-electron chi connectivity index (χ3n) is 5.52. The standard InChI is InChI=1S/C23H21N3OS/c1-26-12-17-11-16(21-7-9-24-14-25-21)4-5-18(17)20(13-26)19-6-3-15-8-10-28-23(15)22(19)27-2/h3-11,14,20H,12-13H2,1-2H3. The summed E-state index contributed by atoms with van der Waals surface area (Å²) in [5.74, 6) is 1.30. The lowest BCUT2D eigenvalue weighted by Crippen LogP contribution is -2.31. The van der Waals surface area contributed by atoms with E-state index in [1.807, 2.05) is 6.07 Å². The third kappa shape index (κ3) is 2.87. The Balaban J connectivity index is 1.64. The van der Waals surface area contributed by atoms with Gasteiger partial charge in [0.15, 0.2) is 0 Å². The number of nitrogens with zero attached hydrogens (tertiary/aromatic N) is 3. The van der Waals surface area contributed by atoms with Crippen LogP contribution in [-0.4, -0.2) is 35.6 Å². The number of aromatic nitrogens is 2. The Morgan fingerprint density at radius 1 is 1.11 bits per heavy atom. The van der Waals surface area contributed by atoms with Gasteiger partial charge in [-0.3, -0.25) is 0 Å². The highest BCUT2D eigenvalue weighted by atomic mass is 32.1. The Morgan fingerprint density at radius 2 is 2.00 bits per heavy atom.